The van der Waals surface area contributed by atoms with Crippen molar-refractivity contribution in [1.29, 1.82) is 0 Å². The van der Waals surface area contributed by atoms with Crippen molar-refractivity contribution in [1.82, 2.24) is 4.90 Å². The molecule has 5 rings (SSSR count). The average Bonchev–Trinajstić information content (AvgIpc) is 3.57. The van der Waals surface area contributed by atoms with Crippen LogP contribution >= 0.6 is 0 Å². The number of esters is 1. The standard InChI is InChI=1S/C32H40N2O6/c1-4-18-33(24-15-14-22-12-8-9-13-23(22)21-24)29(37)27-32-17-16-31(5-2,40-32)26(30(38)39-6-3)25(32)28(36)34(27)19-10-7-11-20-35/h4,8-9,12-15,21,25-27,35H,1,5-7,10-11,16-20H2,2-3H3/t25-,26+,27?,31-,32?/m0/s1. The van der Waals surface area contributed by atoms with E-state index >= 15 is 0 Å². The minimum absolute atomic E-state index is 0.0744. The van der Waals surface area contributed by atoms with Gasteiger partial charge in [-0.3, -0.25) is 14.4 Å². The van der Waals surface area contributed by atoms with Crippen molar-refractivity contribution >= 4 is 34.2 Å². The van der Waals surface area contributed by atoms with Crippen LogP contribution in [0.5, 0.6) is 0 Å². The molecule has 0 aliphatic carbocycles. The largest absolute Gasteiger partial charge is 0.466 e. The van der Waals surface area contributed by atoms with Gasteiger partial charge in [-0.2, -0.15) is 0 Å². The molecular weight excluding hydrogens is 508 g/mol. The van der Waals surface area contributed by atoms with Crippen molar-refractivity contribution in [2.75, 3.05) is 31.2 Å². The molecule has 2 bridgehead atoms. The number of fused-ring (bicyclic) bond motifs is 2. The maximum atomic E-state index is 14.7. The molecule has 40 heavy (non-hydrogen) atoms. The summed E-state index contributed by atoms with van der Waals surface area (Å²) in [5.41, 5.74) is -1.20. The number of hydrogen-bond donors (Lipinski definition) is 1. The van der Waals surface area contributed by atoms with Crippen molar-refractivity contribution in [3.05, 3.63) is 55.1 Å². The monoisotopic (exact) mass is 548 g/mol. The number of carbonyl (C=O) groups excluding carboxylic acids is 3. The Balaban J connectivity index is 1.57. The summed E-state index contributed by atoms with van der Waals surface area (Å²) in [7, 11) is 0. The summed E-state index contributed by atoms with van der Waals surface area (Å²) in [5.74, 6) is -2.38. The molecule has 3 aliphatic rings. The Hall–Kier alpha value is -3.23. The van der Waals surface area contributed by atoms with Gasteiger partial charge in [0.1, 0.15) is 17.6 Å². The van der Waals surface area contributed by atoms with Crippen LogP contribution in [0.2, 0.25) is 0 Å². The molecular formula is C32H40N2O6. The first kappa shape index (κ1) is 28.3. The number of hydrogen-bond acceptors (Lipinski definition) is 6. The molecule has 0 saturated carbocycles. The molecule has 3 aliphatic heterocycles. The smallest absolute Gasteiger partial charge is 0.312 e. The summed E-state index contributed by atoms with van der Waals surface area (Å²) in [5, 5.41) is 11.4. The van der Waals surface area contributed by atoms with Gasteiger partial charge in [-0.1, -0.05) is 43.3 Å². The first-order valence-electron chi connectivity index (χ1n) is 14.6. The first-order chi connectivity index (χ1) is 19.4. The van der Waals surface area contributed by atoms with Crippen molar-refractivity contribution in [2.24, 2.45) is 11.8 Å². The van der Waals surface area contributed by atoms with Gasteiger partial charge in [0.15, 0.2) is 0 Å². The maximum absolute atomic E-state index is 14.7. The molecule has 2 aromatic carbocycles. The molecule has 0 aromatic heterocycles. The molecule has 0 radical (unpaired) electrons. The van der Waals surface area contributed by atoms with Crippen LogP contribution in [0.4, 0.5) is 5.69 Å². The van der Waals surface area contributed by atoms with Gasteiger partial charge in [0.2, 0.25) is 5.91 Å². The van der Waals surface area contributed by atoms with Crippen LogP contribution in [0.3, 0.4) is 0 Å². The van der Waals surface area contributed by atoms with E-state index in [9.17, 15) is 19.5 Å². The molecule has 1 spiro atoms. The van der Waals surface area contributed by atoms with Gasteiger partial charge in [-0.05, 0) is 68.4 Å². The summed E-state index contributed by atoms with van der Waals surface area (Å²) in [6.07, 6.45) is 5.34. The van der Waals surface area contributed by atoms with E-state index < -0.39 is 35.0 Å². The van der Waals surface area contributed by atoms with Crippen LogP contribution in [0.15, 0.2) is 55.1 Å². The third-order valence-corrected chi connectivity index (χ3v) is 9.13. The topological polar surface area (TPSA) is 96.4 Å². The maximum Gasteiger partial charge on any atom is 0.312 e. The van der Waals surface area contributed by atoms with Crippen LogP contribution in [0.1, 0.15) is 52.4 Å². The zero-order chi connectivity index (χ0) is 28.5. The number of benzene rings is 2. The number of aliphatic hydroxyl groups is 1. The Bertz CT molecular complexity index is 1300. The Labute approximate surface area is 235 Å². The molecule has 1 N–H and O–H groups in total. The normalized spacial score (nSPS) is 28.6. The number of unbranched alkanes of at least 4 members (excludes halogenated alkanes) is 2. The Morgan fingerprint density at radius 3 is 2.62 bits per heavy atom. The van der Waals surface area contributed by atoms with Gasteiger partial charge in [0.25, 0.3) is 5.91 Å². The lowest BCUT2D eigenvalue weighted by molar-refractivity contribution is -0.160. The zero-order valence-corrected chi connectivity index (χ0v) is 23.5. The van der Waals surface area contributed by atoms with Crippen LogP contribution in [-0.2, 0) is 23.9 Å². The quantitative estimate of drug-likeness (QED) is 0.242. The summed E-state index contributed by atoms with van der Waals surface area (Å²) in [6.45, 7) is 8.54. The highest BCUT2D eigenvalue weighted by Crippen LogP contribution is 2.64. The van der Waals surface area contributed by atoms with E-state index in [1.54, 1.807) is 22.8 Å². The Morgan fingerprint density at radius 1 is 1.15 bits per heavy atom. The highest BCUT2D eigenvalue weighted by atomic mass is 16.6. The molecule has 214 valence electrons. The highest BCUT2D eigenvalue weighted by Gasteiger charge is 2.79. The Morgan fingerprint density at radius 2 is 1.93 bits per heavy atom. The number of likely N-dealkylation sites (tertiary alicyclic amines) is 1. The van der Waals surface area contributed by atoms with Crippen LogP contribution in [0, 0.1) is 11.8 Å². The lowest BCUT2D eigenvalue weighted by Crippen LogP contribution is -2.56. The predicted octanol–water partition coefficient (Wildman–Crippen LogP) is 4.24. The Kier molecular flexibility index (Phi) is 8.02. The van der Waals surface area contributed by atoms with Gasteiger partial charge in [0.05, 0.1) is 18.1 Å². The number of rotatable bonds is 12. The number of amides is 2. The summed E-state index contributed by atoms with van der Waals surface area (Å²) in [4.78, 5) is 45.6. The molecule has 3 fully saturated rings. The van der Waals surface area contributed by atoms with Gasteiger partial charge < -0.3 is 24.4 Å². The fraction of sp³-hybridized carbons (Fsp3) is 0.531. The predicted molar refractivity (Wildman–Crippen MR) is 153 cm³/mol. The number of nitrogens with zero attached hydrogens (tertiary/aromatic N) is 2. The number of aliphatic hydroxyl groups excluding tert-OH is 1. The van der Waals surface area contributed by atoms with E-state index in [0.717, 1.165) is 22.9 Å². The summed E-state index contributed by atoms with van der Waals surface area (Å²) >= 11 is 0. The third kappa shape index (κ3) is 4.41. The van der Waals surface area contributed by atoms with Gasteiger partial charge in [0, 0.05) is 25.4 Å². The van der Waals surface area contributed by atoms with E-state index in [-0.39, 0.29) is 31.6 Å². The van der Waals surface area contributed by atoms with Crippen molar-refractivity contribution in [3.63, 3.8) is 0 Å². The molecule has 2 unspecified atom stereocenters. The number of anilines is 1. The van der Waals surface area contributed by atoms with E-state index in [1.807, 2.05) is 49.4 Å². The average molecular weight is 549 g/mol. The molecule has 5 atom stereocenters. The van der Waals surface area contributed by atoms with Gasteiger partial charge >= 0.3 is 5.97 Å². The highest BCUT2D eigenvalue weighted by molar-refractivity contribution is 6.05. The van der Waals surface area contributed by atoms with Crippen LogP contribution in [-0.4, -0.2) is 71.3 Å². The second kappa shape index (κ2) is 11.3. The summed E-state index contributed by atoms with van der Waals surface area (Å²) < 4.78 is 12.3. The van der Waals surface area contributed by atoms with Crippen LogP contribution < -0.4 is 4.90 Å². The second-order valence-corrected chi connectivity index (χ2v) is 11.2. The number of carbonyl (C=O) groups is 3. The lowest BCUT2D eigenvalue weighted by Gasteiger charge is -2.37. The van der Waals surface area contributed by atoms with Gasteiger partial charge in [-0.15, -0.1) is 6.58 Å². The van der Waals surface area contributed by atoms with E-state index in [0.29, 0.717) is 38.6 Å². The molecule has 8 heteroatoms. The van der Waals surface area contributed by atoms with E-state index in [1.165, 1.54) is 0 Å². The lowest BCUT2D eigenvalue weighted by atomic mass is 9.65. The summed E-state index contributed by atoms with van der Waals surface area (Å²) in [6, 6.07) is 13.0. The second-order valence-electron chi connectivity index (χ2n) is 11.2. The fourth-order valence-corrected chi connectivity index (χ4v) is 7.34. The number of ether oxygens (including phenoxy) is 2. The SMILES string of the molecule is C=CCN(C(=O)C1N(CCCCCO)C(=O)[C@@H]2[C@H](C(=O)OCC)[C@]3(CC)CCC12O3)c1ccc2ccccc2c1. The van der Waals surface area contributed by atoms with E-state index in [2.05, 4.69) is 6.58 Å². The molecule has 3 heterocycles. The minimum Gasteiger partial charge on any atom is -0.466 e. The molecule has 3 saturated heterocycles. The third-order valence-electron chi connectivity index (χ3n) is 9.13. The minimum atomic E-state index is -1.10. The zero-order valence-electron chi connectivity index (χ0n) is 23.5. The van der Waals surface area contributed by atoms with E-state index in [4.69, 9.17) is 9.47 Å². The van der Waals surface area contributed by atoms with Crippen molar-refractivity contribution in [2.45, 2.75) is 69.6 Å². The molecule has 2 amide bonds. The molecule has 2 aromatic rings. The first-order valence-corrected chi connectivity index (χ1v) is 14.6. The van der Waals surface area contributed by atoms with Crippen LogP contribution in [0.25, 0.3) is 10.8 Å². The van der Waals surface area contributed by atoms with Gasteiger partial charge in [-0.25, -0.2) is 0 Å². The van der Waals surface area contributed by atoms with Crippen molar-refractivity contribution < 1.29 is 29.0 Å². The molecule has 8 nitrogen and oxygen atoms in total. The van der Waals surface area contributed by atoms with Crippen molar-refractivity contribution in [3.8, 4) is 0 Å². The fourth-order valence-electron chi connectivity index (χ4n) is 7.34.